The number of rotatable bonds is 2. The van der Waals surface area contributed by atoms with Crippen molar-refractivity contribution in [3.8, 4) is 0 Å². The molecule has 6 heteroatoms. The summed E-state index contributed by atoms with van der Waals surface area (Å²) in [6, 6.07) is 7.93. The van der Waals surface area contributed by atoms with E-state index in [4.69, 9.17) is 4.74 Å². The number of hydrogen-bond donors (Lipinski definition) is 0. The van der Waals surface area contributed by atoms with Gasteiger partial charge in [-0.15, -0.1) is 11.6 Å². The fourth-order valence-corrected chi connectivity index (χ4v) is 1.66. The maximum absolute atomic E-state index is 10.9. The summed E-state index contributed by atoms with van der Waals surface area (Å²) in [5, 5.41) is 0. The first-order valence-electron chi connectivity index (χ1n) is 7.13. The summed E-state index contributed by atoms with van der Waals surface area (Å²) in [4.78, 5) is 10.9. The van der Waals surface area contributed by atoms with Crippen LogP contribution in [0.3, 0.4) is 0 Å². The number of carbonyl (C=O) groups is 1. The highest BCUT2D eigenvalue weighted by Gasteiger charge is 2.24. The van der Waals surface area contributed by atoms with E-state index >= 15 is 0 Å². The zero-order valence-electron chi connectivity index (χ0n) is 15.1. The largest absolute Gasteiger partial charge is 0.455 e. The number of aryl methyl sites for hydroxylation is 1. The Morgan fingerprint density at radius 3 is 1.70 bits per heavy atom. The minimum atomic E-state index is -4.00. The molecule has 0 aromatic heterocycles. The van der Waals surface area contributed by atoms with Crippen LogP contribution >= 0.6 is 11.6 Å². The second-order valence-electron chi connectivity index (χ2n) is 4.70. The molecular weight excluding hydrogens is 329 g/mol. The van der Waals surface area contributed by atoms with Crippen molar-refractivity contribution in [1.29, 1.82) is 0 Å². The van der Waals surface area contributed by atoms with Crippen molar-refractivity contribution in [2.75, 3.05) is 6.38 Å². The van der Waals surface area contributed by atoms with Crippen molar-refractivity contribution in [1.82, 2.24) is 0 Å². The Kier molecular flexibility index (Phi) is 15.3. The summed E-state index contributed by atoms with van der Waals surface area (Å²) < 4.78 is 36.3. The number of alkyl halides is 4. The van der Waals surface area contributed by atoms with E-state index in [1.165, 1.54) is 13.3 Å². The number of hydrogen-bond acceptors (Lipinski definition) is 2. The van der Waals surface area contributed by atoms with Crippen LogP contribution in [-0.4, -0.2) is 18.5 Å². The second-order valence-corrected chi connectivity index (χ2v) is 4.70. The summed E-state index contributed by atoms with van der Waals surface area (Å²) in [5.41, 5.74) is 1.64. The second kappa shape index (κ2) is 13.2. The van der Waals surface area contributed by atoms with Crippen LogP contribution in [-0.2, 0) is 15.1 Å². The summed E-state index contributed by atoms with van der Waals surface area (Å²) in [5.74, 6) is -0.252. The Bertz CT molecular complexity index is 424. The van der Waals surface area contributed by atoms with Crippen LogP contribution in [0.2, 0.25) is 0 Å². The molecule has 0 fully saturated rings. The fraction of sp³-hybridized carbons (Fsp3) is 0.588. The highest BCUT2D eigenvalue weighted by atomic mass is 35.5. The molecule has 0 bridgehead atoms. The molecule has 0 aliphatic carbocycles. The van der Waals surface area contributed by atoms with Crippen LogP contribution in [0.4, 0.5) is 13.2 Å². The topological polar surface area (TPSA) is 26.3 Å². The lowest BCUT2D eigenvalue weighted by molar-refractivity contribution is -0.154. The molecule has 23 heavy (non-hydrogen) atoms. The number of carbonyl (C=O) groups excluding carboxylic acids is 1. The third-order valence-electron chi connectivity index (χ3n) is 2.19. The standard InChI is InChI=1S/C12H16O2.C2H3F3.C2H6.CH3Cl/c1-9-7-5-6-8-11(9)12(3,4)14-10(2)13;1-2(3,4)5;2*1-2/h5-8H,1-4H3;1H3;1-2H3;1H3. The Morgan fingerprint density at radius 2 is 1.39 bits per heavy atom. The average molecular weight is 357 g/mol. The molecule has 0 saturated heterocycles. The summed E-state index contributed by atoms with van der Waals surface area (Å²) in [7, 11) is 0. The van der Waals surface area contributed by atoms with E-state index in [-0.39, 0.29) is 12.9 Å². The van der Waals surface area contributed by atoms with E-state index in [2.05, 4.69) is 11.6 Å². The van der Waals surface area contributed by atoms with Gasteiger partial charge in [-0.3, -0.25) is 4.79 Å². The quantitative estimate of drug-likeness (QED) is 0.463. The number of halogens is 4. The number of esters is 1. The van der Waals surface area contributed by atoms with E-state index < -0.39 is 11.8 Å². The zero-order valence-corrected chi connectivity index (χ0v) is 15.9. The summed E-state index contributed by atoms with van der Waals surface area (Å²) in [6.07, 6.45) is -2.53. The van der Waals surface area contributed by atoms with Gasteiger partial charge < -0.3 is 4.74 Å². The highest BCUT2D eigenvalue weighted by Crippen LogP contribution is 2.27. The zero-order chi connectivity index (χ0) is 19.3. The monoisotopic (exact) mass is 356 g/mol. The van der Waals surface area contributed by atoms with Gasteiger partial charge in [-0.25, -0.2) is 0 Å². The van der Waals surface area contributed by atoms with E-state index in [1.54, 1.807) is 0 Å². The molecule has 136 valence electrons. The molecule has 1 aromatic rings. The molecule has 0 heterocycles. The number of ether oxygens (including phenoxy) is 1. The van der Waals surface area contributed by atoms with E-state index in [0.717, 1.165) is 11.1 Å². The van der Waals surface area contributed by atoms with Gasteiger partial charge in [0.2, 0.25) is 0 Å². The van der Waals surface area contributed by atoms with Crippen LogP contribution in [0.5, 0.6) is 0 Å². The van der Waals surface area contributed by atoms with Gasteiger partial charge in [-0.05, 0) is 31.9 Å². The molecule has 0 amide bonds. The first kappa shape index (κ1) is 26.7. The predicted molar refractivity (Wildman–Crippen MR) is 90.8 cm³/mol. The Labute approximate surface area is 143 Å². The molecule has 1 aromatic carbocycles. The maximum Gasteiger partial charge on any atom is 0.386 e. The lowest BCUT2D eigenvalue weighted by atomic mass is 9.94. The molecular formula is C17H28ClF3O2. The van der Waals surface area contributed by atoms with Gasteiger partial charge >= 0.3 is 12.1 Å². The van der Waals surface area contributed by atoms with Gasteiger partial charge in [0.1, 0.15) is 5.60 Å². The van der Waals surface area contributed by atoms with Gasteiger partial charge in [0.15, 0.2) is 0 Å². The minimum absolute atomic E-state index is 0.188. The SMILES string of the molecule is CC.CC(=O)OC(C)(C)c1ccccc1C.CC(F)(F)F.CCl. The fourth-order valence-electron chi connectivity index (χ4n) is 1.66. The van der Waals surface area contributed by atoms with Crippen molar-refractivity contribution in [2.45, 2.75) is 60.2 Å². The van der Waals surface area contributed by atoms with Gasteiger partial charge in [0, 0.05) is 20.2 Å². The van der Waals surface area contributed by atoms with Crippen LogP contribution < -0.4 is 0 Å². The molecule has 0 atom stereocenters. The molecule has 0 aliphatic heterocycles. The normalized spacial score (nSPS) is 9.91. The molecule has 0 saturated carbocycles. The Hall–Kier alpha value is -1.23. The predicted octanol–water partition coefficient (Wildman–Crippen LogP) is 6.24. The first-order valence-corrected chi connectivity index (χ1v) is 7.89. The van der Waals surface area contributed by atoms with Crippen molar-refractivity contribution in [3.05, 3.63) is 35.4 Å². The van der Waals surface area contributed by atoms with E-state index in [0.29, 0.717) is 0 Å². The lowest BCUT2D eigenvalue weighted by Crippen LogP contribution is -2.25. The third kappa shape index (κ3) is 17.0. The molecule has 1 rings (SSSR count). The minimum Gasteiger partial charge on any atom is -0.455 e. The van der Waals surface area contributed by atoms with E-state index in [9.17, 15) is 18.0 Å². The molecule has 0 aliphatic rings. The van der Waals surface area contributed by atoms with Gasteiger partial charge in [0.25, 0.3) is 0 Å². The maximum atomic E-state index is 10.9. The first-order chi connectivity index (χ1) is 10.4. The highest BCUT2D eigenvalue weighted by molar-refractivity contribution is 6.15. The smallest absolute Gasteiger partial charge is 0.386 e. The van der Waals surface area contributed by atoms with Crippen LogP contribution in [0.15, 0.2) is 24.3 Å². The third-order valence-corrected chi connectivity index (χ3v) is 2.19. The van der Waals surface area contributed by atoms with Crippen LogP contribution in [0, 0.1) is 6.92 Å². The lowest BCUT2D eigenvalue weighted by Gasteiger charge is -2.26. The van der Waals surface area contributed by atoms with Crippen molar-refractivity contribution < 1.29 is 22.7 Å². The van der Waals surface area contributed by atoms with E-state index in [1.807, 2.05) is 58.9 Å². The molecule has 0 N–H and O–H groups in total. The summed E-state index contributed by atoms with van der Waals surface area (Å²) in [6.45, 7) is 11.4. The van der Waals surface area contributed by atoms with Crippen molar-refractivity contribution in [3.63, 3.8) is 0 Å². The van der Waals surface area contributed by atoms with Crippen molar-refractivity contribution in [2.24, 2.45) is 0 Å². The van der Waals surface area contributed by atoms with Gasteiger partial charge in [-0.1, -0.05) is 38.1 Å². The summed E-state index contributed by atoms with van der Waals surface area (Å²) >= 11 is 4.64. The molecule has 2 nitrogen and oxygen atoms in total. The Morgan fingerprint density at radius 1 is 1.04 bits per heavy atom. The Balaban J connectivity index is -0.000000375. The molecule has 0 spiro atoms. The van der Waals surface area contributed by atoms with Crippen LogP contribution in [0.1, 0.15) is 52.7 Å². The molecule has 0 radical (unpaired) electrons. The van der Waals surface area contributed by atoms with Crippen molar-refractivity contribution >= 4 is 17.6 Å². The van der Waals surface area contributed by atoms with Gasteiger partial charge in [0.05, 0.1) is 0 Å². The average Bonchev–Trinajstić information content (AvgIpc) is 2.40. The molecule has 0 unspecified atom stereocenters. The van der Waals surface area contributed by atoms with Gasteiger partial charge in [-0.2, -0.15) is 13.2 Å². The van der Waals surface area contributed by atoms with Crippen LogP contribution in [0.25, 0.3) is 0 Å². The number of benzene rings is 1.